The van der Waals surface area contributed by atoms with E-state index in [4.69, 9.17) is 16.6 Å². The molecule has 9 heteroatoms. The maximum absolute atomic E-state index is 11.9. The van der Waals surface area contributed by atoms with Gasteiger partial charge < -0.3 is 26.8 Å². The number of urea groups is 1. The Hall–Kier alpha value is -2.32. The molecule has 118 valence electrons. The van der Waals surface area contributed by atoms with E-state index in [1.807, 2.05) is 0 Å². The van der Waals surface area contributed by atoms with Crippen LogP contribution in [0.4, 0.5) is 4.79 Å². The van der Waals surface area contributed by atoms with E-state index in [1.165, 1.54) is 0 Å². The highest BCUT2D eigenvalue weighted by atomic mass is 16.4. The Labute approximate surface area is 121 Å². The molecule has 1 aliphatic rings. The number of carboxylic acid groups (broad SMARTS) is 1. The second-order valence-electron chi connectivity index (χ2n) is 5.37. The van der Waals surface area contributed by atoms with E-state index in [2.05, 4.69) is 5.32 Å². The SMILES string of the molecule is NC(=O)CN(CC(N)=O)C(=O)NCC1(CC(=O)O)CCC1. The zero-order valence-corrected chi connectivity index (χ0v) is 11.6. The molecule has 0 aliphatic heterocycles. The summed E-state index contributed by atoms with van der Waals surface area (Å²) in [6, 6.07) is -0.663. The summed E-state index contributed by atoms with van der Waals surface area (Å²) in [5.41, 5.74) is 9.55. The number of nitrogens with zero attached hydrogens (tertiary/aromatic N) is 1. The highest BCUT2D eigenvalue weighted by Crippen LogP contribution is 2.43. The van der Waals surface area contributed by atoms with Crippen LogP contribution in [0.2, 0.25) is 0 Å². The molecule has 1 fully saturated rings. The van der Waals surface area contributed by atoms with Crippen LogP contribution >= 0.6 is 0 Å². The molecule has 0 saturated heterocycles. The first-order chi connectivity index (χ1) is 9.74. The summed E-state index contributed by atoms with van der Waals surface area (Å²) in [6.45, 7) is -0.687. The molecule has 4 amide bonds. The largest absolute Gasteiger partial charge is 0.481 e. The molecule has 0 aromatic rings. The molecular formula is C12H20N4O5. The van der Waals surface area contributed by atoms with Crippen molar-refractivity contribution in [3.63, 3.8) is 0 Å². The zero-order chi connectivity index (χ0) is 16.0. The summed E-state index contributed by atoms with van der Waals surface area (Å²) >= 11 is 0. The minimum Gasteiger partial charge on any atom is -0.481 e. The second-order valence-corrected chi connectivity index (χ2v) is 5.37. The minimum atomic E-state index is -0.921. The molecule has 0 atom stereocenters. The fraction of sp³-hybridized carbons (Fsp3) is 0.667. The maximum atomic E-state index is 11.9. The second kappa shape index (κ2) is 6.91. The monoisotopic (exact) mass is 300 g/mol. The Morgan fingerprint density at radius 1 is 1.10 bits per heavy atom. The lowest BCUT2D eigenvalue weighted by Gasteiger charge is -2.41. The normalized spacial score (nSPS) is 15.6. The number of carbonyl (C=O) groups is 4. The van der Waals surface area contributed by atoms with Gasteiger partial charge in [-0.3, -0.25) is 14.4 Å². The third-order valence-corrected chi connectivity index (χ3v) is 3.54. The van der Waals surface area contributed by atoms with E-state index >= 15 is 0 Å². The van der Waals surface area contributed by atoms with Gasteiger partial charge >= 0.3 is 12.0 Å². The summed E-state index contributed by atoms with van der Waals surface area (Å²) in [7, 11) is 0. The van der Waals surface area contributed by atoms with Gasteiger partial charge in [0.25, 0.3) is 0 Å². The van der Waals surface area contributed by atoms with Gasteiger partial charge in [0.05, 0.1) is 6.42 Å². The van der Waals surface area contributed by atoms with E-state index in [0.29, 0.717) is 12.8 Å². The quantitative estimate of drug-likeness (QED) is 0.434. The van der Waals surface area contributed by atoms with Gasteiger partial charge in [-0.15, -0.1) is 0 Å². The third-order valence-electron chi connectivity index (χ3n) is 3.54. The number of carbonyl (C=O) groups excluding carboxylic acids is 3. The molecule has 0 aromatic carbocycles. The number of nitrogens with one attached hydrogen (secondary N) is 1. The molecule has 0 heterocycles. The fourth-order valence-electron chi connectivity index (χ4n) is 2.36. The molecule has 21 heavy (non-hydrogen) atoms. The number of amides is 4. The average molecular weight is 300 g/mol. The van der Waals surface area contributed by atoms with Gasteiger partial charge in [-0.25, -0.2) is 4.79 Å². The van der Waals surface area contributed by atoms with Crippen molar-refractivity contribution in [2.45, 2.75) is 25.7 Å². The summed E-state index contributed by atoms with van der Waals surface area (Å²) in [4.78, 5) is 45.4. The van der Waals surface area contributed by atoms with Crippen LogP contribution in [0.5, 0.6) is 0 Å². The van der Waals surface area contributed by atoms with Crippen molar-refractivity contribution in [3.05, 3.63) is 0 Å². The summed E-state index contributed by atoms with van der Waals surface area (Å²) in [5.74, 6) is -2.46. The van der Waals surface area contributed by atoms with Crippen LogP contribution in [-0.4, -0.2) is 53.5 Å². The predicted molar refractivity (Wildman–Crippen MR) is 71.9 cm³/mol. The molecule has 6 N–H and O–H groups in total. The van der Waals surface area contributed by atoms with Crippen molar-refractivity contribution >= 4 is 23.8 Å². The molecule has 0 aromatic heterocycles. The lowest BCUT2D eigenvalue weighted by Crippen LogP contribution is -2.51. The van der Waals surface area contributed by atoms with Crippen LogP contribution in [0.25, 0.3) is 0 Å². The smallest absolute Gasteiger partial charge is 0.318 e. The lowest BCUT2D eigenvalue weighted by atomic mass is 9.66. The number of rotatable bonds is 8. The molecule has 1 aliphatic carbocycles. The van der Waals surface area contributed by atoms with Gasteiger partial charge in [0.2, 0.25) is 11.8 Å². The molecule has 1 rings (SSSR count). The van der Waals surface area contributed by atoms with Gasteiger partial charge in [-0.1, -0.05) is 6.42 Å². The maximum Gasteiger partial charge on any atom is 0.318 e. The predicted octanol–water partition coefficient (Wildman–Crippen LogP) is -1.39. The molecule has 0 spiro atoms. The van der Waals surface area contributed by atoms with Crippen LogP contribution in [-0.2, 0) is 14.4 Å². The van der Waals surface area contributed by atoms with E-state index in [-0.39, 0.29) is 13.0 Å². The van der Waals surface area contributed by atoms with Gasteiger partial charge in [-0.2, -0.15) is 0 Å². The number of hydrogen-bond donors (Lipinski definition) is 4. The Morgan fingerprint density at radius 2 is 1.62 bits per heavy atom. The fourth-order valence-corrected chi connectivity index (χ4v) is 2.36. The summed E-state index contributed by atoms with van der Waals surface area (Å²) < 4.78 is 0. The first-order valence-electron chi connectivity index (χ1n) is 6.55. The van der Waals surface area contributed by atoms with Crippen LogP contribution < -0.4 is 16.8 Å². The van der Waals surface area contributed by atoms with Crippen molar-refractivity contribution in [1.29, 1.82) is 0 Å². The van der Waals surface area contributed by atoms with Crippen molar-refractivity contribution in [1.82, 2.24) is 10.2 Å². The van der Waals surface area contributed by atoms with Crippen molar-refractivity contribution in [2.24, 2.45) is 16.9 Å². The Morgan fingerprint density at radius 3 is 1.95 bits per heavy atom. The number of aliphatic carboxylic acids is 1. The number of carboxylic acids is 1. The summed E-state index contributed by atoms with van der Waals surface area (Å²) in [6.07, 6.45) is 2.31. The van der Waals surface area contributed by atoms with Crippen LogP contribution in [0, 0.1) is 5.41 Å². The Bertz CT molecular complexity index is 431. The van der Waals surface area contributed by atoms with Gasteiger partial charge in [0, 0.05) is 6.54 Å². The highest BCUT2D eigenvalue weighted by molar-refractivity contribution is 5.87. The first kappa shape index (κ1) is 16.7. The summed E-state index contributed by atoms with van der Waals surface area (Å²) in [5, 5.41) is 11.4. The van der Waals surface area contributed by atoms with Crippen LogP contribution in [0.15, 0.2) is 0 Å². The minimum absolute atomic E-state index is 0.0289. The van der Waals surface area contributed by atoms with E-state index in [9.17, 15) is 19.2 Å². The molecule has 0 unspecified atom stereocenters. The molecule has 1 saturated carbocycles. The number of primary amides is 2. The van der Waals surface area contributed by atoms with E-state index in [1.54, 1.807) is 0 Å². The third kappa shape index (κ3) is 5.28. The van der Waals surface area contributed by atoms with Gasteiger partial charge in [-0.05, 0) is 18.3 Å². The molecular weight excluding hydrogens is 280 g/mol. The van der Waals surface area contributed by atoms with Gasteiger partial charge in [0.1, 0.15) is 13.1 Å². The number of hydrogen-bond acceptors (Lipinski definition) is 4. The van der Waals surface area contributed by atoms with E-state index < -0.39 is 42.3 Å². The van der Waals surface area contributed by atoms with Crippen molar-refractivity contribution in [2.75, 3.05) is 19.6 Å². The average Bonchev–Trinajstić information content (AvgIpc) is 2.29. The number of nitrogens with two attached hydrogens (primary N) is 2. The highest BCUT2D eigenvalue weighted by Gasteiger charge is 2.39. The van der Waals surface area contributed by atoms with Crippen molar-refractivity contribution in [3.8, 4) is 0 Å². The van der Waals surface area contributed by atoms with Gasteiger partial charge in [0.15, 0.2) is 0 Å². The molecule has 9 nitrogen and oxygen atoms in total. The zero-order valence-electron chi connectivity index (χ0n) is 11.6. The topological polar surface area (TPSA) is 156 Å². The van der Waals surface area contributed by atoms with Crippen LogP contribution in [0.3, 0.4) is 0 Å². The van der Waals surface area contributed by atoms with E-state index in [0.717, 1.165) is 11.3 Å². The Kier molecular flexibility index (Phi) is 5.51. The van der Waals surface area contributed by atoms with Crippen LogP contribution in [0.1, 0.15) is 25.7 Å². The lowest BCUT2D eigenvalue weighted by molar-refractivity contribution is -0.141. The molecule has 0 radical (unpaired) electrons. The Balaban J connectivity index is 2.57. The first-order valence-corrected chi connectivity index (χ1v) is 6.55. The van der Waals surface area contributed by atoms with Crippen molar-refractivity contribution < 1.29 is 24.3 Å². The standard InChI is InChI=1S/C12H20N4O5/c13-8(17)5-16(6-9(14)18)11(21)15-7-12(2-1-3-12)4-10(19)20/h1-7H2,(H2,13,17)(H2,14,18)(H,15,21)(H,19,20). The molecule has 0 bridgehead atoms.